The van der Waals surface area contributed by atoms with Gasteiger partial charge in [-0.1, -0.05) is 12.1 Å². The Hall–Kier alpha value is -2.01. The highest BCUT2D eigenvalue weighted by molar-refractivity contribution is 7.90. The highest BCUT2D eigenvalue weighted by Gasteiger charge is 2.09. The zero-order chi connectivity index (χ0) is 17.0. The third-order valence-corrected chi connectivity index (χ3v) is 4.60. The first-order valence-corrected chi connectivity index (χ1v) is 9.53. The standard InChI is InChI=1S/C18H22O4S/c1-13-10-17(22-8-5-9-23(3,20)21)11-14(2)18(13)15-6-4-7-16(19)12-15/h4,6-7,10-12,19H,5,8-9H2,1-3H3. The summed E-state index contributed by atoms with van der Waals surface area (Å²) >= 11 is 0. The zero-order valence-electron chi connectivity index (χ0n) is 13.7. The van der Waals surface area contributed by atoms with Crippen molar-refractivity contribution in [2.24, 2.45) is 0 Å². The molecule has 0 amide bonds. The number of hydrogen-bond acceptors (Lipinski definition) is 4. The molecular weight excluding hydrogens is 312 g/mol. The van der Waals surface area contributed by atoms with Crippen LogP contribution in [0.2, 0.25) is 0 Å². The van der Waals surface area contributed by atoms with Crippen molar-refractivity contribution >= 4 is 9.84 Å². The lowest BCUT2D eigenvalue weighted by atomic mass is 9.95. The van der Waals surface area contributed by atoms with Crippen LogP contribution in [0.1, 0.15) is 17.5 Å². The fourth-order valence-corrected chi connectivity index (χ4v) is 3.28. The molecule has 23 heavy (non-hydrogen) atoms. The van der Waals surface area contributed by atoms with E-state index >= 15 is 0 Å². The Morgan fingerprint density at radius 1 is 1.09 bits per heavy atom. The van der Waals surface area contributed by atoms with Crippen molar-refractivity contribution in [3.63, 3.8) is 0 Å². The van der Waals surface area contributed by atoms with Gasteiger partial charge < -0.3 is 9.84 Å². The lowest BCUT2D eigenvalue weighted by Gasteiger charge is -2.14. The maximum atomic E-state index is 11.1. The fourth-order valence-electron chi connectivity index (χ4n) is 2.64. The third kappa shape index (κ3) is 4.99. The van der Waals surface area contributed by atoms with Gasteiger partial charge in [0.2, 0.25) is 0 Å². The zero-order valence-corrected chi connectivity index (χ0v) is 14.5. The van der Waals surface area contributed by atoms with E-state index in [2.05, 4.69) is 0 Å². The van der Waals surface area contributed by atoms with E-state index in [1.54, 1.807) is 12.1 Å². The monoisotopic (exact) mass is 334 g/mol. The highest BCUT2D eigenvalue weighted by atomic mass is 32.2. The van der Waals surface area contributed by atoms with Crippen LogP contribution in [0.15, 0.2) is 36.4 Å². The van der Waals surface area contributed by atoms with Crippen LogP contribution in [0.25, 0.3) is 11.1 Å². The second-order valence-corrected chi connectivity index (χ2v) is 8.07. The first kappa shape index (κ1) is 17.3. The number of phenols is 1. The molecule has 0 radical (unpaired) electrons. The van der Waals surface area contributed by atoms with Crippen molar-refractivity contribution in [2.45, 2.75) is 20.3 Å². The van der Waals surface area contributed by atoms with E-state index in [1.807, 2.05) is 38.1 Å². The highest BCUT2D eigenvalue weighted by Crippen LogP contribution is 2.32. The molecule has 2 aromatic carbocycles. The van der Waals surface area contributed by atoms with Gasteiger partial charge in [0.15, 0.2) is 0 Å². The average molecular weight is 334 g/mol. The summed E-state index contributed by atoms with van der Waals surface area (Å²) in [7, 11) is -2.95. The van der Waals surface area contributed by atoms with E-state index in [0.29, 0.717) is 13.0 Å². The fraction of sp³-hybridized carbons (Fsp3) is 0.333. The average Bonchev–Trinajstić information content (AvgIpc) is 2.42. The van der Waals surface area contributed by atoms with Crippen LogP contribution in [0.5, 0.6) is 11.5 Å². The topological polar surface area (TPSA) is 63.6 Å². The minimum atomic E-state index is -2.95. The van der Waals surface area contributed by atoms with Crippen LogP contribution in [-0.4, -0.2) is 32.1 Å². The van der Waals surface area contributed by atoms with E-state index in [4.69, 9.17) is 4.74 Å². The molecule has 0 aliphatic carbocycles. The molecular formula is C18H22O4S. The molecule has 1 N–H and O–H groups in total. The van der Waals surface area contributed by atoms with Gasteiger partial charge in [0.25, 0.3) is 0 Å². The van der Waals surface area contributed by atoms with Gasteiger partial charge >= 0.3 is 0 Å². The maximum Gasteiger partial charge on any atom is 0.147 e. The van der Waals surface area contributed by atoms with Crippen LogP contribution in [0, 0.1) is 13.8 Å². The Bertz CT molecular complexity index is 771. The lowest BCUT2D eigenvalue weighted by molar-refractivity contribution is 0.317. The summed E-state index contributed by atoms with van der Waals surface area (Å²) in [4.78, 5) is 0. The Morgan fingerprint density at radius 3 is 2.30 bits per heavy atom. The van der Waals surface area contributed by atoms with Crippen molar-refractivity contribution in [3.05, 3.63) is 47.5 Å². The SMILES string of the molecule is Cc1cc(OCCCS(C)(=O)=O)cc(C)c1-c1cccc(O)c1. The van der Waals surface area contributed by atoms with E-state index < -0.39 is 9.84 Å². The Morgan fingerprint density at radius 2 is 1.74 bits per heavy atom. The van der Waals surface area contributed by atoms with Crippen molar-refractivity contribution in [3.8, 4) is 22.6 Å². The summed E-state index contributed by atoms with van der Waals surface area (Å²) in [5.41, 5.74) is 4.13. The molecule has 0 aromatic heterocycles. The minimum Gasteiger partial charge on any atom is -0.508 e. The number of sulfone groups is 1. The molecule has 0 heterocycles. The molecule has 0 saturated carbocycles. The summed E-state index contributed by atoms with van der Waals surface area (Å²) in [6.45, 7) is 4.36. The van der Waals surface area contributed by atoms with Gasteiger partial charge in [-0.25, -0.2) is 8.42 Å². The molecule has 0 aliphatic rings. The second kappa shape index (κ2) is 7.04. The van der Waals surface area contributed by atoms with Gasteiger partial charge in [0.1, 0.15) is 21.3 Å². The van der Waals surface area contributed by atoms with Gasteiger partial charge in [-0.3, -0.25) is 0 Å². The Balaban J connectivity index is 2.14. The van der Waals surface area contributed by atoms with E-state index in [1.165, 1.54) is 6.26 Å². The van der Waals surface area contributed by atoms with Crippen LogP contribution in [0.3, 0.4) is 0 Å². The number of rotatable bonds is 6. The lowest BCUT2D eigenvalue weighted by Crippen LogP contribution is -2.08. The van der Waals surface area contributed by atoms with Crippen molar-refractivity contribution in [1.29, 1.82) is 0 Å². The summed E-state index contributed by atoms with van der Waals surface area (Å²) in [5.74, 6) is 1.10. The Kier molecular flexibility index (Phi) is 5.31. The molecule has 0 bridgehead atoms. The first-order valence-electron chi connectivity index (χ1n) is 7.47. The second-order valence-electron chi connectivity index (χ2n) is 5.81. The normalized spacial score (nSPS) is 11.4. The summed E-state index contributed by atoms with van der Waals surface area (Å²) in [5, 5.41) is 9.65. The smallest absolute Gasteiger partial charge is 0.147 e. The molecule has 0 aliphatic heterocycles. The molecule has 5 heteroatoms. The van der Waals surface area contributed by atoms with Crippen LogP contribution in [-0.2, 0) is 9.84 Å². The van der Waals surface area contributed by atoms with Crippen molar-refractivity contribution in [2.75, 3.05) is 18.6 Å². The summed E-state index contributed by atoms with van der Waals surface area (Å²) < 4.78 is 27.9. The van der Waals surface area contributed by atoms with Crippen LogP contribution >= 0.6 is 0 Å². The van der Waals surface area contributed by atoms with Gasteiger partial charge in [0.05, 0.1) is 12.4 Å². The van der Waals surface area contributed by atoms with Crippen molar-refractivity contribution in [1.82, 2.24) is 0 Å². The third-order valence-electron chi connectivity index (χ3n) is 3.57. The molecule has 124 valence electrons. The van der Waals surface area contributed by atoms with E-state index in [-0.39, 0.29) is 11.5 Å². The molecule has 0 spiro atoms. The quantitative estimate of drug-likeness (QED) is 0.821. The van der Waals surface area contributed by atoms with Gasteiger partial charge in [-0.05, 0) is 66.8 Å². The van der Waals surface area contributed by atoms with Crippen LogP contribution in [0.4, 0.5) is 0 Å². The van der Waals surface area contributed by atoms with E-state index in [0.717, 1.165) is 28.0 Å². The number of aryl methyl sites for hydroxylation is 2. The number of hydrogen-bond donors (Lipinski definition) is 1. The maximum absolute atomic E-state index is 11.1. The van der Waals surface area contributed by atoms with Crippen molar-refractivity contribution < 1.29 is 18.3 Å². The first-order chi connectivity index (χ1) is 10.8. The number of benzene rings is 2. The van der Waals surface area contributed by atoms with Crippen LogP contribution < -0.4 is 4.74 Å². The number of aromatic hydroxyl groups is 1. The van der Waals surface area contributed by atoms with Gasteiger partial charge in [0, 0.05) is 6.26 Å². The van der Waals surface area contributed by atoms with Gasteiger partial charge in [-0.15, -0.1) is 0 Å². The van der Waals surface area contributed by atoms with Gasteiger partial charge in [-0.2, -0.15) is 0 Å². The van der Waals surface area contributed by atoms with E-state index in [9.17, 15) is 13.5 Å². The predicted molar refractivity (Wildman–Crippen MR) is 92.8 cm³/mol. The largest absolute Gasteiger partial charge is 0.508 e. The summed E-state index contributed by atoms with van der Waals surface area (Å²) in [6, 6.07) is 11.0. The number of phenolic OH excluding ortho intramolecular Hbond substituents is 1. The predicted octanol–water partition coefficient (Wildman–Crippen LogP) is 3.49. The Labute approximate surface area is 137 Å². The molecule has 0 saturated heterocycles. The number of ether oxygens (including phenoxy) is 1. The molecule has 0 unspecified atom stereocenters. The molecule has 0 fully saturated rings. The minimum absolute atomic E-state index is 0.131. The molecule has 2 rings (SSSR count). The molecule has 2 aromatic rings. The molecule has 4 nitrogen and oxygen atoms in total. The summed E-state index contributed by atoms with van der Waals surface area (Å²) in [6.07, 6.45) is 1.70. The molecule has 0 atom stereocenters.